The van der Waals surface area contributed by atoms with Crippen LogP contribution in [0.15, 0.2) is 23.0 Å². The number of esters is 1. The van der Waals surface area contributed by atoms with Crippen LogP contribution in [0.25, 0.3) is 10.9 Å². The van der Waals surface area contributed by atoms with E-state index in [2.05, 4.69) is 9.97 Å². The van der Waals surface area contributed by atoms with E-state index in [9.17, 15) is 9.59 Å². The van der Waals surface area contributed by atoms with Gasteiger partial charge in [-0.3, -0.25) is 4.79 Å². The monoisotopic (exact) mass is 246 g/mol. The highest BCUT2D eigenvalue weighted by atomic mass is 16.5. The van der Waals surface area contributed by atoms with Gasteiger partial charge >= 0.3 is 5.97 Å². The Morgan fingerprint density at radius 1 is 1.39 bits per heavy atom. The second kappa shape index (κ2) is 5.00. The van der Waals surface area contributed by atoms with Crippen LogP contribution < -0.4 is 5.56 Å². The van der Waals surface area contributed by atoms with Crippen LogP contribution in [0.4, 0.5) is 0 Å². The van der Waals surface area contributed by atoms with Crippen LogP contribution in [-0.4, -0.2) is 22.5 Å². The van der Waals surface area contributed by atoms with Crippen molar-refractivity contribution >= 4 is 16.9 Å². The number of H-pyrrole nitrogens is 1. The van der Waals surface area contributed by atoms with Gasteiger partial charge in [-0.2, -0.15) is 0 Å². The van der Waals surface area contributed by atoms with Crippen LogP contribution in [-0.2, 0) is 11.2 Å². The third-order valence-corrected chi connectivity index (χ3v) is 2.65. The van der Waals surface area contributed by atoms with Crippen LogP contribution in [0.1, 0.15) is 30.0 Å². The molecule has 5 nitrogen and oxygen atoms in total. The summed E-state index contributed by atoms with van der Waals surface area (Å²) in [6, 6.07) is 5.42. The first-order valence-electron chi connectivity index (χ1n) is 5.85. The van der Waals surface area contributed by atoms with Crippen molar-refractivity contribution in [3.8, 4) is 0 Å². The molecule has 0 amide bonds. The Hall–Kier alpha value is -2.17. The summed E-state index contributed by atoms with van der Waals surface area (Å²) in [5.41, 5.74) is 1.23. The Balaban J connectivity index is 2.57. The van der Waals surface area contributed by atoms with E-state index in [4.69, 9.17) is 4.74 Å². The van der Waals surface area contributed by atoms with Gasteiger partial charge < -0.3 is 9.72 Å². The summed E-state index contributed by atoms with van der Waals surface area (Å²) >= 11 is 0. The van der Waals surface area contributed by atoms with Crippen LogP contribution in [0, 0.1) is 0 Å². The summed E-state index contributed by atoms with van der Waals surface area (Å²) in [6.45, 7) is 3.95. The first-order valence-corrected chi connectivity index (χ1v) is 5.85. The SMILES string of the molecule is CCOC(=O)c1nc2ccc(CC)cc2c(=O)[nH]1. The summed E-state index contributed by atoms with van der Waals surface area (Å²) in [5.74, 6) is -0.672. The largest absolute Gasteiger partial charge is 0.460 e. The molecule has 0 bridgehead atoms. The lowest BCUT2D eigenvalue weighted by molar-refractivity contribution is 0.0512. The van der Waals surface area contributed by atoms with Crippen molar-refractivity contribution < 1.29 is 9.53 Å². The van der Waals surface area contributed by atoms with E-state index in [1.165, 1.54) is 0 Å². The number of hydrogen-bond donors (Lipinski definition) is 1. The Morgan fingerprint density at radius 2 is 2.17 bits per heavy atom. The first kappa shape index (κ1) is 12.3. The molecule has 18 heavy (non-hydrogen) atoms. The molecule has 2 rings (SSSR count). The highest BCUT2D eigenvalue weighted by molar-refractivity contribution is 5.88. The van der Waals surface area contributed by atoms with E-state index in [1.807, 2.05) is 13.0 Å². The molecule has 0 saturated carbocycles. The van der Waals surface area contributed by atoms with Gasteiger partial charge in [0.1, 0.15) is 0 Å². The van der Waals surface area contributed by atoms with Crippen molar-refractivity contribution in [3.63, 3.8) is 0 Å². The van der Waals surface area contributed by atoms with E-state index in [0.29, 0.717) is 10.9 Å². The van der Waals surface area contributed by atoms with Gasteiger partial charge in [0.15, 0.2) is 0 Å². The Kier molecular flexibility index (Phi) is 3.41. The van der Waals surface area contributed by atoms with E-state index < -0.39 is 5.97 Å². The maximum Gasteiger partial charge on any atom is 0.374 e. The van der Waals surface area contributed by atoms with Crippen LogP contribution in [0.2, 0.25) is 0 Å². The molecule has 0 spiro atoms. The molecule has 0 radical (unpaired) electrons. The van der Waals surface area contributed by atoms with Crippen LogP contribution in [0.3, 0.4) is 0 Å². The quantitative estimate of drug-likeness (QED) is 0.836. The summed E-state index contributed by atoms with van der Waals surface area (Å²) in [7, 11) is 0. The van der Waals surface area contributed by atoms with Crippen molar-refractivity contribution in [2.24, 2.45) is 0 Å². The predicted octanol–water partition coefficient (Wildman–Crippen LogP) is 1.66. The number of hydrogen-bond acceptors (Lipinski definition) is 4. The number of fused-ring (bicyclic) bond motifs is 1. The fourth-order valence-electron chi connectivity index (χ4n) is 1.70. The van der Waals surface area contributed by atoms with E-state index >= 15 is 0 Å². The van der Waals surface area contributed by atoms with Crippen molar-refractivity contribution in [1.82, 2.24) is 9.97 Å². The molecule has 0 atom stereocenters. The Morgan fingerprint density at radius 3 is 2.83 bits per heavy atom. The maximum atomic E-state index is 11.9. The average molecular weight is 246 g/mol. The second-order valence-corrected chi connectivity index (χ2v) is 3.84. The van der Waals surface area contributed by atoms with Crippen molar-refractivity contribution in [2.45, 2.75) is 20.3 Å². The molecular weight excluding hydrogens is 232 g/mol. The predicted molar refractivity (Wildman–Crippen MR) is 67.7 cm³/mol. The third kappa shape index (κ3) is 2.25. The highest BCUT2D eigenvalue weighted by Crippen LogP contribution is 2.11. The summed E-state index contributed by atoms with van der Waals surface area (Å²) < 4.78 is 4.81. The summed E-state index contributed by atoms with van der Waals surface area (Å²) in [4.78, 5) is 29.9. The first-order chi connectivity index (χ1) is 8.65. The minimum atomic E-state index is -0.615. The molecule has 1 aromatic carbocycles. The number of ether oxygens (including phenoxy) is 1. The van der Waals surface area contributed by atoms with Gasteiger partial charge in [-0.05, 0) is 31.0 Å². The zero-order chi connectivity index (χ0) is 13.1. The number of nitrogens with zero attached hydrogens (tertiary/aromatic N) is 1. The summed E-state index contributed by atoms with van der Waals surface area (Å²) in [6.07, 6.45) is 0.842. The molecule has 1 aromatic heterocycles. The standard InChI is InChI=1S/C13H14N2O3/c1-3-8-5-6-10-9(7-8)12(16)15-11(14-10)13(17)18-4-2/h5-7H,3-4H2,1-2H3,(H,14,15,16). The molecule has 5 heteroatoms. The van der Waals surface area contributed by atoms with Gasteiger partial charge in [0.2, 0.25) is 5.82 Å². The Labute approximate surface area is 104 Å². The molecule has 2 aromatic rings. The number of carbonyl (C=O) groups is 1. The van der Waals surface area contributed by atoms with Crippen molar-refractivity contribution in [3.05, 3.63) is 39.9 Å². The summed E-state index contributed by atoms with van der Waals surface area (Å²) in [5, 5.41) is 0.488. The van der Waals surface area contributed by atoms with Crippen LogP contribution in [0.5, 0.6) is 0 Å². The molecule has 0 saturated heterocycles. The van der Waals surface area contributed by atoms with Gasteiger partial charge in [0.05, 0.1) is 17.5 Å². The highest BCUT2D eigenvalue weighted by Gasteiger charge is 2.12. The molecule has 0 fully saturated rings. The Bertz CT molecular complexity index is 646. The topological polar surface area (TPSA) is 72.0 Å². The lowest BCUT2D eigenvalue weighted by Gasteiger charge is -2.03. The molecule has 0 unspecified atom stereocenters. The van der Waals surface area contributed by atoms with Gasteiger partial charge in [-0.25, -0.2) is 9.78 Å². The zero-order valence-electron chi connectivity index (χ0n) is 10.3. The van der Waals surface area contributed by atoms with Gasteiger partial charge in [0.25, 0.3) is 5.56 Å². The second-order valence-electron chi connectivity index (χ2n) is 3.84. The van der Waals surface area contributed by atoms with Gasteiger partial charge in [-0.1, -0.05) is 13.0 Å². The van der Waals surface area contributed by atoms with E-state index in [-0.39, 0.29) is 18.0 Å². The van der Waals surface area contributed by atoms with Crippen molar-refractivity contribution in [1.29, 1.82) is 0 Å². The number of nitrogens with one attached hydrogen (secondary N) is 1. The average Bonchev–Trinajstić information content (AvgIpc) is 2.38. The number of carbonyl (C=O) groups excluding carboxylic acids is 1. The number of benzene rings is 1. The molecule has 0 aliphatic heterocycles. The van der Waals surface area contributed by atoms with E-state index in [1.54, 1.807) is 19.1 Å². The van der Waals surface area contributed by atoms with Crippen LogP contribution >= 0.6 is 0 Å². The van der Waals surface area contributed by atoms with Crippen molar-refractivity contribution in [2.75, 3.05) is 6.61 Å². The number of rotatable bonds is 3. The number of aromatic amines is 1. The normalized spacial score (nSPS) is 10.6. The molecule has 94 valence electrons. The maximum absolute atomic E-state index is 11.9. The molecule has 0 aliphatic carbocycles. The number of aryl methyl sites for hydroxylation is 1. The van der Waals surface area contributed by atoms with Gasteiger partial charge in [-0.15, -0.1) is 0 Å². The minimum absolute atomic E-state index is 0.0569. The van der Waals surface area contributed by atoms with E-state index in [0.717, 1.165) is 12.0 Å². The molecule has 0 aliphatic rings. The lowest BCUT2D eigenvalue weighted by Crippen LogP contribution is -2.17. The zero-order valence-corrected chi connectivity index (χ0v) is 10.3. The molecule has 1 N–H and O–H groups in total. The molecule has 1 heterocycles. The lowest BCUT2D eigenvalue weighted by atomic mass is 10.1. The fourth-order valence-corrected chi connectivity index (χ4v) is 1.70. The fraction of sp³-hybridized carbons (Fsp3) is 0.308. The number of aromatic nitrogens is 2. The molecular formula is C13H14N2O3. The van der Waals surface area contributed by atoms with Gasteiger partial charge in [0, 0.05) is 0 Å². The smallest absolute Gasteiger partial charge is 0.374 e. The minimum Gasteiger partial charge on any atom is -0.460 e. The third-order valence-electron chi connectivity index (χ3n) is 2.65.